The number of esters is 1. The van der Waals surface area contributed by atoms with Crippen molar-refractivity contribution in [1.29, 1.82) is 0 Å². The number of carbonyl (C=O) groups is 1. The van der Waals surface area contributed by atoms with Gasteiger partial charge in [0.2, 0.25) is 0 Å². The molecule has 0 aliphatic heterocycles. The third-order valence-corrected chi connectivity index (χ3v) is 4.51. The quantitative estimate of drug-likeness (QED) is 0.398. The van der Waals surface area contributed by atoms with Crippen LogP contribution in [0.25, 0.3) is 0 Å². The molecule has 82 valence electrons. The molecule has 0 aliphatic rings. The van der Waals surface area contributed by atoms with Crippen LogP contribution in [-0.2, 0) is 9.53 Å². The second-order valence-electron chi connectivity index (χ2n) is 2.26. The van der Waals surface area contributed by atoms with E-state index >= 15 is 0 Å². The lowest BCUT2D eigenvalue weighted by atomic mass is 10.4. The molecule has 15 heavy (non-hydrogen) atoms. The summed E-state index contributed by atoms with van der Waals surface area (Å²) in [6.45, 7) is 3.16. The van der Waals surface area contributed by atoms with Crippen molar-refractivity contribution in [2.45, 2.75) is 0 Å². The molecule has 0 saturated carbocycles. The molecule has 2 nitrogen and oxygen atoms in total. The van der Waals surface area contributed by atoms with Gasteiger partial charge in [0.25, 0.3) is 0 Å². The number of hydrogen-bond acceptors (Lipinski definition) is 2. The van der Waals surface area contributed by atoms with Gasteiger partial charge in [-0.3, -0.25) is 0 Å². The highest BCUT2D eigenvalue weighted by molar-refractivity contribution is 9.14. The molecule has 0 heterocycles. The zero-order valence-corrected chi connectivity index (χ0v) is 12.7. The summed E-state index contributed by atoms with van der Waals surface area (Å²) in [6, 6.07) is 5.93. The van der Waals surface area contributed by atoms with Gasteiger partial charge < -0.3 is 4.74 Å². The first-order valence-corrected chi connectivity index (χ1v) is 6.20. The monoisotopic (exact) mass is 398 g/mol. The second kappa shape index (κ2) is 8.07. The third-order valence-electron chi connectivity index (χ3n) is 1.27. The van der Waals surface area contributed by atoms with E-state index in [4.69, 9.17) is 0 Å². The van der Waals surface area contributed by atoms with Crippen molar-refractivity contribution in [3.05, 3.63) is 44.3 Å². The maximum atomic E-state index is 9.84. The largest absolute Gasteiger partial charge is 0.466 e. The summed E-state index contributed by atoms with van der Waals surface area (Å²) in [4.78, 5) is 9.84. The molecule has 5 heteroatoms. The number of hydrogen-bond donors (Lipinski definition) is 0. The molecular formula is C10H9Br3O2. The molecule has 0 radical (unpaired) electrons. The molecule has 0 bridgehead atoms. The lowest BCUT2D eigenvalue weighted by Crippen LogP contribution is -1.91. The van der Waals surface area contributed by atoms with Crippen LogP contribution < -0.4 is 0 Å². The van der Waals surface area contributed by atoms with Crippen LogP contribution in [0.2, 0.25) is 0 Å². The van der Waals surface area contributed by atoms with E-state index in [0.29, 0.717) is 0 Å². The van der Waals surface area contributed by atoms with Gasteiger partial charge in [-0.1, -0.05) is 12.6 Å². The van der Waals surface area contributed by atoms with Crippen LogP contribution in [0.5, 0.6) is 0 Å². The lowest BCUT2D eigenvalue weighted by molar-refractivity contribution is -0.134. The van der Waals surface area contributed by atoms with E-state index < -0.39 is 5.97 Å². The fourth-order valence-corrected chi connectivity index (χ4v) is 1.82. The number of ether oxygens (including phenoxy) is 1. The number of carbonyl (C=O) groups excluding carboxylic acids is 1. The summed E-state index contributed by atoms with van der Waals surface area (Å²) in [7, 11) is 1.31. The third kappa shape index (κ3) is 6.12. The van der Waals surface area contributed by atoms with Gasteiger partial charge in [-0.05, 0) is 59.9 Å². The topological polar surface area (TPSA) is 26.3 Å². The zero-order valence-electron chi connectivity index (χ0n) is 7.97. The van der Waals surface area contributed by atoms with E-state index in [1.807, 2.05) is 18.2 Å². The Labute approximate surface area is 114 Å². The van der Waals surface area contributed by atoms with E-state index in [1.54, 1.807) is 0 Å². The van der Waals surface area contributed by atoms with Gasteiger partial charge in [0.15, 0.2) is 0 Å². The number of methoxy groups -OCH3 is 1. The molecule has 1 aromatic rings. The molecule has 0 fully saturated rings. The molecule has 0 saturated heterocycles. The Kier molecular flexibility index (Phi) is 8.00. The first-order chi connectivity index (χ1) is 7.02. The molecule has 1 aromatic carbocycles. The molecule has 0 aromatic heterocycles. The SMILES string of the molecule is Brc1cccc(Br)c1Br.C=CC(=O)OC. The van der Waals surface area contributed by atoms with Gasteiger partial charge in [-0.15, -0.1) is 0 Å². The van der Waals surface area contributed by atoms with Crippen molar-refractivity contribution in [3.8, 4) is 0 Å². The van der Waals surface area contributed by atoms with Crippen molar-refractivity contribution < 1.29 is 9.53 Å². The van der Waals surface area contributed by atoms with Crippen LogP contribution in [0, 0.1) is 0 Å². The van der Waals surface area contributed by atoms with E-state index in [0.717, 1.165) is 19.5 Å². The second-order valence-corrected chi connectivity index (χ2v) is 4.76. The Bertz CT molecular complexity index is 330. The van der Waals surface area contributed by atoms with E-state index in [-0.39, 0.29) is 0 Å². The highest BCUT2D eigenvalue weighted by atomic mass is 79.9. The fraction of sp³-hybridized carbons (Fsp3) is 0.100. The fourth-order valence-electron chi connectivity index (χ4n) is 0.561. The van der Waals surface area contributed by atoms with Crippen LogP contribution in [-0.4, -0.2) is 13.1 Å². The van der Waals surface area contributed by atoms with Gasteiger partial charge in [0.1, 0.15) is 0 Å². The van der Waals surface area contributed by atoms with E-state index in [2.05, 4.69) is 59.1 Å². The first-order valence-electron chi connectivity index (χ1n) is 3.82. The maximum Gasteiger partial charge on any atom is 0.329 e. The van der Waals surface area contributed by atoms with Crippen LogP contribution in [0.4, 0.5) is 0 Å². The predicted octanol–water partition coefficient (Wildman–Crippen LogP) is 4.32. The van der Waals surface area contributed by atoms with E-state index in [9.17, 15) is 4.79 Å². The Morgan fingerprint density at radius 1 is 1.33 bits per heavy atom. The van der Waals surface area contributed by atoms with Crippen molar-refractivity contribution in [1.82, 2.24) is 0 Å². The van der Waals surface area contributed by atoms with Crippen LogP contribution in [0.3, 0.4) is 0 Å². The summed E-state index contributed by atoms with van der Waals surface area (Å²) in [6.07, 6.45) is 1.11. The van der Waals surface area contributed by atoms with Gasteiger partial charge >= 0.3 is 5.97 Å². The maximum absolute atomic E-state index is 9.84. The molecular weight excluding hydrogens is 392 g/mol. The molecule has 0 atom stereocenters. The Hall–Kier alpha value is -0.130. The van der Waals surface area contributed by atoms with Crippen molar-refractivity contribution in [2.24, 2.45) is 0 Å². The van der Waals surface area contributed by atoms with Crippen molar-refractivity contribution in [2.75, 3.05) is 7.11 Å². The smallest absolute Gasteiger partial charge is 0.329 e. The standard InChI is InChI=1S/C6H3Br3.C4H6O2/c7-4-2-1-3-5(8)6(4)9;1-3-4(5)6-2/h1-3H;3H,1H2,2H3. The molecule has 0 aliphatic carbocycles. The molecule has 0 unspecified atom stereocenters. The Morgan fingerprint density at radius 3 is 2.00 bits per heavy atom. The van der Waals surface area contributed by atoms with Gasteiger partial charge in [0.05, 0.1) is 7.11 Å². The normalized spacial score (nSPS) is 8.53. The highest BCUT2D eigenvalue weighted by Crippen LogP contribution is 2.29. The predicted molar refractivity (Wildman–Crippen MR) is 71.8 cm³/mol. The first kappa shape index (κ1) is 14.9. The zero-order chi connectivity index (χ0) is 11.8. The van der Waals surface area contributed by atoms with Crippen LogP contribution in [0.1, 0.15) is 0 Å². The summed E-state index contributed by atoms with van der Waals surface area (Å²) in [5, 5.41) is 0. The summed E-state index contributed by atoms with van der Waals surface area (Å²) in [5.41, 5.74) is 0. The molecule has 0 N–H and O–H groups in total. The summed E-state index contributed by atoms with van der Waals surface area (Å²) >= 11 is 10.1. The van der Waals surface area contributed by atoms with Crippen molar-refractivity contribution in [3.63, 3.8) is 0 Å². The van der Waals surface area contributed by atoms with Gasteiger partial charge in [-0.2, -0.15) is 0 Å². The summed E-state index contributed by atoms with van der Waals surface area (Å²) in [5.74, 6) is -0.394. The van der Waals surface area contributed by atoms with Crippen molar-refractivity contribution >= 4 is 53.8 Å². The Balaban J connectivity index is 0.000000288. The lowest BCUT2D eigenvalue weighted by Gasteiger charge is -1.95. The number of halogens is 3. The van der Waals surface area contributed by atoms with E-state index in [1.165, 1.54) is 7.11 Å². The van der Waals surface area contributed by atoms with Crippen LogP contribution >= 0.6 is 47.8 Å². The molecule has 0 spiro atoms. The average Bonchev–Trinajstić information content (AvgIpc) is 2.25. The summed E-state index contributed by atoms with van der Waals surface area (Å²) < 4.78 is 7.34. The van der Waals surface area contributed by atoms with Gasteiger partial charge in [-0.25, -0.2) is 4.79 Å². The highest BCUT2D eigenvalue weighted by Gasteiger charge is 1.97. The van der Waals surface area contributed by atoms with Crippen LogP contribution in [0.15, 0.2) is 44.3 Å². The minimum atomic E-state index is -0.394. The Morgan fingerprint density at radius 2 is 1.80 bits per heavy atom. The van der Waals surface area contributed by atoms with Gasteiger partial charge in [0, 0.05) is 19.5 Å². The average molecular weight is 401 g/mol. The molecule has 1 rings (SSSR count). The minimum Gasteiger partial charge on any atom is -0.466 e. The minimum absolute atomic E-state index is 0.394. The number of rotatable bonds is 1. The molecule has 0 amide bonds. The number of benzene rings is 1.